The lowest BCUT2D eigenvalue weighted by Gasteiger charge is -2.18. The number of hydrogen-bond donors (Lipinski definition) is 0. The van der Waals surface area contributed by atoms with Crippen LogP contribution in [0.25, 0.3) is 0 Å². The summed E-state index contributed by atoms with van der Waals surface area (Å²) >= 11 is 0. The number of nitrogens with zero attached hydrogens (tertiary/aromatic N) is 3. The molecule has 1 amide bonds. The molecule has 0 bridgehead atoms. The van der Waals surface area contributed by atoms with E-state index in [0.29, 0.717) is 18.7 Å². The highest BCUT2D eigenvalue weighted by molar-refractivity contribution is 6.10. The number of likely N-dealkylation sites (N-methyl/N-ethyl adjacent to an activating group) is 1. The predicted molar refractivity (Wildman–Crippen MR) is 127 cm³/mol. The molecule has 0 spiro atoms. The number of amides is 1. The monoisotopic (exact) mass is 477 g/mol. The molecule has 2 aromatic carbocycles. The highest BCUT2D eigenvalue weighted by atomic mass is 19.1. The minimum atomic E-state index is -0.678. The third-order valence-corrected chi connectivity index (χ3v) is 5.27. The van der Waals surface area contributed by atoms with Gasteiger partial charge in [-0.25, -0.2) is 4.39 Å². The van der Waals surface area contributed by atoms with Crippen molar-refractivity contribution in [2.75, 3.05) is 32.3 Å². The van der Waals surface area contributed by atoms with Crippen LogP contribution in [0.2, 0.25) is 0 Å². The zero-order valence-electron chi connectivity index (χ0n) is 19.4. The molecular formula is C26H24FN3O5. The zero-order valence-corrected chi connectivity index (χ0v) is 19.4. The summed E-state index contributed by atoms with van der Waals surface area (Å²) in [5.74, 6) is -1.71. The van der Waals surface area contributed by atoms with E-state index in [1.54, 1.807) is 37.4 Å². The third kappa shape index (κ3) is 6.19. The van der Waals surface area contributed by atoms with Crippen LogP contribution in [0.5, 0.6) is 5.75 Å². The summed E-state index contributed by atoms with van der Waals surface area (Å²) in [6, 6.07) is 15.3. The lowest BCUT2D eigenvalue weighted by molar-refractivity contribution is -0.120. The molecule has 0 unspecified atom stereocenters. The summed E-state index contributed by atoms with van der Waals surface area (Å²) in [6.07, 6.45) is 1.81. The number of anilines is 1. The van der Waals surface area contributed by atoms with Gasteiger partial charge < -0.3 is 18.9 Å². The molecular weight excluding hydrogens is 453 g/mol. The van der Waals surface area contributed by atoms with Crippen LogP contribution in [0, 0.1) is 17.1 Å². The quantitative estimate of drug-likeness (QED) is 0.328. The average Bonchev–Trinajstić information content (AvgIpc) is 2.88. The predicted octanol–water partition coefficient (Wildman–Crippen LogP) is 3.17. The number of ketones is 1. The number of methoxy groups -OCH3 is 1. The Hall–Kier alpha value is -4.29. The maximum Gasteiger partial charge on any atom is 0.268 e. The van der Waals surface area contributed by atoms with Crippen molar-refractivity contribution in [2.45, 2.75) is 13.0 Å². The summed E-state index contributed by atoms with van der Waals surface area (Å²) < 4.78 is 25.9. The first-order chi connectivity index (χ1) is 16.8. The molecule has 8 nitrogen and oxygen atoms in total. The second kappa shape index (κ2) is 11.7. The fraction of sp³-hybridized carbons (Fsp3) is 0.231. The van der Waals surface area contributed by atoms with Crippen LogP contribution in [-0.4, -0.2) is 43.6 Å². The number of nitriles is 1. The summed E-state index contributed by atoms with van der Waals surface area (Å²) in [5, 5.41) is 9.36. The van der Waals surface area contributed by atoms with E-state index >= 15 is 0 Å². The molecule has 0 aliphatic heterocycles. The Kier molecular flexibility index (Phi) is 8.48. The lowest BCUT2D eigenvalue weighted by atomic mass is 10.0. The van der Waals surface area contributed by atoms with Gasteiger partial charge in [-0.2, -0.15) is 5.26 Å². The number of rotatable bonds is 10. The molecule has 0 aliphatic carbocycles. The van der Waals surface area contributed by atoms with Crippen molar-refractivity contribution in [3.8, 4) is 11.8 Å². The van der Waals surface area contributed by atoms with Gasteiger partial charge in [0, 0.05) is 44.8 Å². The third-order valence-electron chi connectivity index (χ3n) is 5.27. The Morgan fingerprint density at radius 1 is 1.14 bits per heavy atom. The standard InChI is InChI=1S/C26H24FN3O5/c1-29(21-7-4-3-5-8-21)24(31)17-35-23-10-9-20(27)14-22(23)25(32)19-13-18(15-28)26(33)30(16-19)11-6-12-34-2/h3-5,7-10,13-14,16H,6,11-12,17H2,1-2H3. The summed E-state index contributed by atoms with van der Waals surface area (Å²) in [4.78, 5) is 39.7. The molecule has 0 N–H and O–H groups in total. The van der Waals surface area contributed by atoms with E-state index in [1.807, 2.05) is 6.07 Å². The van der Waals surface area contributed by atoms with Crippen LogP contribution in [0.3, 0.4) is 0 Å². The van der Waals surface area contributed by atoms with Gasteiger partial charge in [0.2, 0.25) is 0 Å². The molecule has 0 saturated heterocycles. The van der Waals surface area contributed by atoms with E-state index in [9.17, 15) is 24.0 Å². The lowest BCUT2D eigenvalue weighted by Crippen LogP contribution is -2.31. The highest BCUT2D eigenvalue weighted by Gasteiger charge is 2.20. The van der Waals surface area contributed by atoms with Gasteiger partial charge in [-0.15, -0.1) is 0 Å². The number of pyridine rings is 1. The van der Waals surface area contributed by atoms with Gasteiger partial charge in [0.15, 0.2) is 12.4 Å². The molecule has 3 rings (SSSR count). The topological polar surface area (TPSA) is 102 Å². The highest BCUT2D eigenvalue weighted by Crippen LogP contribution is 2.24. The van der Waals surface area contributed by atoms with Crippen molar-refractivity contribution in [1.82, 2.24) is 4.57 Å². The number of ether oxygens (including phenoxy) is 2. The molecule has 1 heterocycles. The zero-order chi connectivity index (χ0) is 25.4. The van der Waals surface area contributed by atoms with Crippen LogP contribution in [0.1, 0.15) is 27.9 Å². The van der Waals surface area contributed by atoms with Crippen LogP contribution in [0.4, 0.5) is 10.1 Å². The smallest absolute Gasteiger partial charge is 0.268 e. The van der Waals surface area contributed by atoms with E-state index in [4.69, 9.17) is 9.47 Å². The number of hydrogen-bond acceptors (Lipinski definition) is 6. The van der Waals surface area contributed by atoms with E-state index in [-0.39, 0.29) is 34.9 Å². The van der Waals surface area contributed by atoms with Gasteiger partial charge in [0.1, 0.15) is 23.2 Å². The molecule has 35 heavy (non-hydrogen) atoms. The van der Waals surface area contributed by atoms with E-state index < -0.39 is 23.8 Å². The van der Waals surface area contributed by atoms with Gasteiger partial charge >= 0.3 is 0 Å². The Bertz CT molecular complexity index is 1310. The van der Waals surface area contributed by atoms with Crippen molar-refractivity contribution in [1.29, 1.82) is 5.26 Å². The fourth-order valence-electron chi connectivity index (χ4n) is 3.38. The molecule has 0 fully saturated rings. The van der Waals surface area contributed by atoms with Gasteiger partial charge in [0.25, 0.3) is 11.5 Å². The van der Waals surface area contributed by atoms with E-state index in [0.717, 1.165) is 12.1 Å². The molecule has 0 saturated carbocycles. The number of benzene rings is 2. The van der Waals surface area contributed by atoms with Gasteiger partial charge in [-0.05, 0) is 42.8 Å². The Labute approximate surface area is 201 Å². The Balaban J connectivity index is 1.87. The van der Waals surface area contributed by atoms with Crippen molar-refractivity contribution >= 4 is 17.4 Å². The number of carbonyl (C=O) groups excluding carboxylic acids is 2. The van der Waals surface area contributed by atoms with Crippen molar-refractivity contribution in [2.24, 2.45) is 0 Å². The molecule has 0 radical (unpaired) electrons. The summed E-state index contributed by atoms with van der Waals surface area (Å²) in [5.41, 5.74) is -0.207. The second-order valence-electron chi connectivity index (χ2n) is 7.65. The largest absolute Gasteiger partial charge is 0.483 e. The van der Waals surface area contributed by atoms with Gasteiger partial charge in [0.05, 0.1) is 5.56 Å². The SMILES string of the molecule is COCCCn1cc(C(=O)c2cc(F)ccc2OCC(=O)N(C)c2ccccc2)cc(C#N)c1=O. The molecule has 0 aliphatic rings. The first-order valence-corrected chi connectivity index (χ1v) is 10.8. The summed E-state index contributed by atoms with van der Waals surface area (Å²) in [7, 11) is 3.12. The van der Waals surface area contributed by atoms with Crippen molar-refractivity contribution in [3.05, 3.63) is 93.7 Å². The average molecular weight is 477 g/mol. The Morgan fingerprint density at radius 3 is 2.57 bits per heavy atom. The number of halogens is 1. The van der Waals surface area contributed by atoms with Crippen LogP contribution in [0.15, 0.2) is 65.6 Å². The summed E-state index contributed by atoms with van der Waals surface area (Å²) in [6.45, 7) is 0.229. The van der Waals surface area contributed by atoms with Crippen LogP contribution >= 0.6 is 0 Å². The molecule has 0 atom stereocenters. The minimum Gasteiger partial charge on any atom is -0.483 e. The Morgan fingerprint density at radius 2 is 1.89 bits per heavy atom. The van der Waals surface area contributed by atoms with E-state index in [2.05, 4.69) is 0 Å². The van der Waals surface area contributed by atoms with Crippen LogP contribution in [-0.2, 0) is 16.1 Å². The maximum absolute atomic E-state index is 14.1. The second-order valence-corrected chi connectivity index (χ2v) is 7.65. The van der Waals surface area contributed by atoms with Crippen molar-refractivity contribution in [3.63, 3.8) is 0 Å². The fourth-order valence-corrected chi connectivity index (χ4v) is 3.38. The van der Waals surface area contributed by atoms with Gasteiger partial charge in [-0.3, -0.25) is 14.4 Å². The first kappa shape index (κ1) is 25.3. The normalized spacial score (nSPS) is 10.5. The molecule has 9 heteroatoms. The van der Waals surface area contributed by atoms with Gasteiger partial charge in [-0.1, -0.05) is 18.2 Å². The van der Waals surface area contributed by atoms with E-state index in [1.165, 1.54) is 34.9 Å². The number of carbonyl (C=O) groups is 2. The van der Waals surface area contributed by atoms with Crippen LogP contribution < -0.4 is 15.2 Å². The molecule has 3 aromatic rings. The molecule has 180 valence electrons. The number of aryl methyl sites for hydroxylation is 1. The number of para-hydroxylation sites is 1. The maximum atomic E-state index is 14.1. The number of aromatic nitrogens is 1. The first-order valence-electron chi connectivity index (χ1n) is 10.8. The molecule has 1 aromatic heterocycles. The van der Waals surface area contributed by atoms with Crippen molar-refractivity contribution < 1.29 is 23.5 Å². The minimum absolute atomic E-state index is 0.00172.